The van der Waals surface area contributed by atoms with E-state index in [9.17, 15) is 9.59 Å². The zero-order valence-electron chi connectivity index (χ0n) is 21.7. The minimum absolute atomic E-state index is 0.0603. The van der Waals surface area contributed by atoms with Gasteiger partial charge in [0.05, 0.1) is 44.1 Å². The van der Waals surface area contributed by atoms with Crippen molar-refractivity contribution < 1.29 is 23.8 Å². The summed E-state index contributed by atoms with van der Waals surface area (Å²) in [4.78, 5) is 37.5. The van der Waals surface area contributed by atoms with E-state index in [1.54, 1.807) is 14.2 Å². The van der Waals surface area contributed by atoms with Crippen LogP contribution < -0.4 is 9.47 Å². The number of carbonyl (C=O) groups excluding carboxylic acids is 2. The molecule has 3 aliphatic heterocycles. The topological polar surface area (TPSA) is 83.9 Å². The number of methoxy groups -OCH3 is 2. The highest BCUT2D eigenvalue weighted by atomic mass is 32.2. The average Bonchev–Trinajstić information content (AvgIpc) is 3.24. The van der Waals surface area contributed by atoms with Crippen molar-refractivity contribution in [3.05, 3.63) is 46.1 Å². The van der Waals surface area contributed by atoms with Gasteiger partial charge in [-0.05, 0) is 39.3 Å². The van der Waals surface area contributed by atoms with E-state index in [-0.39, 0.29) is 18.4 Å². The molecule has 3 aliphatic rings. The molecule has 10 heteroatoms. The molecule has 1 atom stereocenters. The number of piperazine rings is 1. The normalized spacial score (nSPS) is 20.2. The summed E-state index contributed by atoms with van der Waals surface area (Å²) in [7, 11) is 5.22. The number of para-hydroxylation sites is 1. The molecule has 194 valence electrons. The maximum atomic E-state index is 13.4. The lowest BCUT2D eigenvalue weighted by molar-refractivity contribution is -0.143. The first-order valence-corrected chi connectivity index (χ1v) is 13.0. The van der Waals surface area contributed by atoms with Crippen LogP contribution in [-0.2, 0) is 14.3 Å². The van der Waals surface area contributed by atoms with Gasteiger partial charge in [-0.2, -0.15) is 0 Å². The molecule has 1 fully saturated rings. The number of carbonyl (C=O) groups is 2. The van der Waals surface area contributed by atoms with Crippen LogP contribution in [0, 0.1) is 0 Å². The molecule has 1 amide bonds. The molecule has 0 radical (unpaired) electrons. The minimum Gasteiger partial charge on any atom is -0.493 e. The van der Waals surface area contributed by atoms with E-state index >= 15 is 0 Å². The molecule has 4 rings (SSSR count). The van der Waals surface area contributed by atoms with E-state index in [1.807, 2.05) is 54.2 Å². The van der Waals surface area contributed by atoms with E-state index in [4.69, 9.17) is 19.2 Å². The number of benzene rings is 1. The van der Waals surface area contributed by atoms with Gasteiger partial charge in [0.25, 0.3) is 0 Å². The van der Waals surface area contributed by atoms with Gasteiger partial charge in [-0.3, -0.25) is 4.79 Å². The predicted octanol–water partition coefficient (Wildman–Crippen LogP) is 3.39. The Bertz CT molecular complexity index is 1120. The van der Waals surface area contributed by atoms with Gasteiger partial charge >= 0.3 is 5.97 Å². The van der Waals surface area contributed by atoms with Gasteiger partial charge in [0.2, 0.25) is 5.91 Å². The summed E-state index contributed by atoms with van der Waals surface area (Å²) in [5.41, 5.74) is 2.52. The van der Waals surface area contributed by atoms with Crippen molar-refractivity contribution in [2.75, 3.05) is 47.4 Å². The number of likely N-dealkylation sites (N-methyl/N-ethyl adjacent to an activating group) is 1. The predicted molar refractivity (Wildman–Crippen MR) is 140 cm³/mol. The summed E-state index contributed by atoms with van der Waals surface area (Å²) < 4.78 is 17.0. The number of amides is 1. The van der Waals surface area contributed by atoms with Crippen molar-refractivity contribution in [1.29, 1.82) is 0 Å². The van der Waals surface area contributed by atoms with Crippen molar-refractivity contribution in [3.8, 4) is 11.5 Å². The number of ether oxygens (including phenoxy) is 3. The first-order valence-electron chi connectivity index (χ1n) is 12.1. The van der Waals surface area contributed by atoms with Gasteiger partial charge < -0.3 is 28.9 Å². The Balaban J connectivity index is 1.75. The van der Waals surface area contributed by atoms with E-state index in [0.29, 0.717) is 41.0 Å². The standard InChI is InChI=1S/C26H34N4O5S/c1-16(2)35-25(32)22-17(3)27-26-30(23(22)19-8-7-9-20(33-5)24(19)34-6)18(15-36-26)14-21(31)29-12-10-28(4)11-13-29/h7-9,15-16,23H,10-14H2,1-6H3/t23-/m0/s1. The smallest absolute Gasteiger partial charge is 0.338 e. The van der Waals surface area contributed by atoms with Gasteiger partial charge in [0.1, 0.15) is 0 Å². The van der Waals surface area contributed by atoms with Gasteiger partial charge in [-0.25, -0.2) is 9.79 Å². The lowest BCUT2D eigenvalue weighted by Gasteiger charge is -2.38. The molecule has 1 aromatic carbocycles. The molecule has 1 aromatic rings. The Labute approximate surface area is 216 Å². The van der Waals surface area contributed by atoms with Crippen LogP contribution in [0.3, 0.4) is 0 Å². The number of esters is 1. The van der Waals surface area contributed by atoms with Crippen LogP contribution in [0.25, 0.3) is 0 Å². The van der Waals surface area contributed by atoms with Crippen molar-refractivity contribution >= 4 is 28.8 Å². The maximum absolute atomic E-state index is 13.4. The number of amidine groups is 1. The van der Waals surface area contributed by atoms with Crippen molar-refractivity contribution in [3.63, 3.8) is 0 Å². The highest BCUT2D eigenvalue weighted by Gasteiger charge is 2.43. The summed E-state index contributed by atoms with van der Waals surface area (Å²) in [6.45, 7) is 8.56. The molecule has 1 saturated heterocycles. The fourth-order valence-corrected chi connectivity index (χ4v) is 5.62. The maximum Gasteiger partial charge on any atom is 0.338 e. The van der Waals surface area contributed by atoms with Gasteiger partial charge in [-0.15, -0.1) is 0 Å². The largest absolute Gasteiger partial charge is 0.493 e. The van der Waals surface area contributed by atoms with Crippen molar-refractivity contribution in [1.82, 2.24) is 14.7 Å². The lowest BCUT2D eigenvalue weighted by Crippen LogP contribution is -2.47. The van der Waals surface area contributed by atoms with E-state index in [1.165, 1.54) is 11.8 Å². The fourth-order valence-electron chi connectivity index (χ4n) is 4.65. The molecule has 0 aromatic heterocycles. The first-order chi connectivity index (χ1) is 17.2. The van der Waals surface area contributed by atoms with Crippen LogP contribution in [0.5, 0.6) is 11.5 Å². The van der Waals surface area contributed by atoms with E-state index in [2.05, 4.69) is 11.9 Å². The molecule has 0 aliphatic carbocycles. The summed E-state index contributed by atoms with van der Waals surface area (Å²) in [6.07, 6.45) is -0.0813. The monoisotopic (exact) mass is 514 g/mol. The van der Waals surface area contributed by atoms with Gasteiger partial charge in [0, 0.05) is 37.4 Å². The van der Waals surface area contributed by atoms with Crippen LogP contribution in [0.2, 0.25) is 0 Å². The third kappa shape index (κ3) is 5.10. The van der Waals surface area contributed by atoms with E-state index < -0.39 is 12.0 Å². The second kappa shape index (κ2) is 11.0. The number of aliphatic imine (C=N–C) groups is 1. The number of fused-ring (bicyclic) bond motifs is 1. The number of thioether (sulfide) groups is 1. The second-order valence-electron chi connectivity index (χ2n) is 9.29. The number of nitrogens with zero attached hydrogens (tertiary/aromatic N) is 4. The quantitative estimate of drug-likeness (QED) is 0.512. The van der Waals surface area contributed by atoms with E-state index in [0.717, 1.165) is 24.4 Å². The molecule has 0 bridgehead atoms. The van der Waals surface area contributed by atoms with Crippen LogP contribution in [-0.4, -0.2) is 85.3 Å². The molecule has 0 saturated carbocycles. The zero-order valence-corrected chi connectivity index (χ0v) is 22.6. The highest BCUT2D eigenvalue weighted by Crippen LogP contribution is 2.48. The molecule has 3 heterocycles. The number of hydrogen-bond donors (Lipinski definition) is 0. The highest BCUT2D eigenvalue weighted by molar-refractivity contribution is 8.16. The van der Waals surface area contributed by atoms with Crippen LogP contribution in [0.4, 0.5) is 0 Å². The molecule has 0 unspecified atom stereocenters. The summed E-state index contributed by atoms with van der Waals surface area (Å²) in [5, 5.41) is 2.67. The molecule has 9 nitrogen and oxygen atoms in total. The van der Waals surface area contributed by atoms with Gasteiger partial charge in [-0.1, -0.05) is 23.9 Å². The Morgan fingerprint density at radius 2 is 1.86 bits per heavy atom. The Morgan fingerprint density at radius 1 is 1.14 bits per heavy atom. The average molecular weight is 515 g/mol. The summed E-state index contributed by atoms with van der Waals surface area (Å²) in [5.74, 6) is 0.696. The van der Waals surface area contributed by atoms with Crippen LogP contribution >= 0.6 is 11.8 Å². The van der Waals surface area contributed by atoms with Gasteiger partial charge in [0.15, 0.2) is 16.7 Å². The number of allylic oxidation sites excluding steroid dienone is 1. The number of hydrogen-bond acceptors (Lipinski definition) is 9. The first kappa shape index (κ1) is 26.1. The molecule has 0 N–H and O–H groups in total. The Hall–Kier alpha value is -2.98. The number of rotatable bonds is 7. The van der Waals surface area contributed by atoms with Crippen LogP contribution in [0.15, 0.2) is 45.6 Å². The molecule has 0 spiro atoms. The third-order valence-electron chi connectivity index (χ3n) is 6.48. The summed E-state index contributed by atoms with van der Waals surface area (Å²) >= 11 is 1.45. The zero-order chi connectivity index (χ0) is 26.0. The second-order valence-corrected chi connectivity index (χ2v) is 10.1. The third-order valence-corrected chi connectivity index (χ3v) is 7.37. The van der Waals surface area contributed by atoms with Crippen LogP contribution in [0.1, 0.15) is 38.8 Å². The molecular weight excluding hydrogens is 480 g/mol. The fraction of sp³-hybridized carbons (Fsp3) is 0.500. The SMILES string of the molecule is COc1cccc([C@H]2C(C(=O)OC(C)C)=C(C)N=C3SC=C(CC(=O)N4CCN(C)CC4)N32)c1OC. The molecule has 36 heavy (non-hydrogen) atoms. The van der Waals surface area contributed by atoms with Crippen molar-refractivity contribution in [2.45, 2.75) is 39.3 Å². The molecular formula is C26H34N4O5S. The lowest BCUT2D eigenvalue weighted by atomic mass is 9.92. The summed E-state index contributed by atoms with van der Waals surface area (Å²) in [6, 6.07) is 5.00. The minimum atomic E-state index is -0.588. The Kier molecular flexibility index (Phi) is 7.94. The van der Waals surface area contributed by atoms with Crippen molar-refractivity contribution in [2.24, 2.45) is 4.99 Å². The Morgan fingerprint density at radius 3 is 2.50 bits per heavy atom.